The molecule has 0 aromatic heterocycles. The van der Waals surface area contributed by atoms with Crippen molar-refractivity contribution in [2.24, 2.45) is 4.99 Å². The Morgan fingerprint density at radius 2 is 1.65 bits per heavy atom. The number of rotatable bonds is 7. The second-order valence-electron chi connectivity index (χ2n) is 7.96. The van der Waals surface area contributed by atoms with Crippen molar-refractivity contribution in [2.45, 2.75) is 13.5 Å². The van der Waals surface area contributed by atoms with Crippen molar-refractivity contribution in [1.82, 2.24) is 15.5 Å². The Hall–Kier alpha value is -3.59. The molecular weight excluding hydrogens is 440 g/mol. The summed E-state index contributed by atoms with van der Waals surface area (Å²) < 4.78 is 27.9. The summed E-state index contributed by atoms with van der Waals surface area (Å²) in [6, 6.07) is 11.1. The molecule has 7 nitrogen and oxygen atoms in total. The number of nitrogens with one attached hydrogen (secondary N) is 2. The average molecular weight is 470 g/mol. The van der Waals surface area contributed by atoms with Crippen LogP contribution in [0.3, 0.4) is 0 Å². The Labute approximate surface area is 198 Å². The van der Waals surface area contributed by atoms with Crippen molar-refractivity contribution < 1.29 is 18.4 Å². The molecule has 2 aromatic carbocycles. The summed E-state index contributed by atoms with van der Waals surface area (Å²) in [6.45, 7) is 5.82. The van der Waals surface area contributed by atoms with Crippen LogP contribution in [-0.4, -0.2) is 62.7 Å². The van der Waals surface area contributed by atoms with Gasteiger partial charge in [0.2, 0.25) is 0 Å². The fourth-order valence-electron chi connectivity index (χ4n) is 3.67. The molecule has 0 unspecified atom stereocenters. The number of carbonyl (C=O) groups is 2. The molecule has 0 spiro atoms. The monoisotopic (exact) mass is 469 g/mol. The molecule has 0 bridgehead atoms. The van der Waals surface area contributed by atoms with Gasteiger partial charge in [0.15, 0.2) is 0 Å². The summed E-state index contributed by atoms with van der Waals surface area (Å²) in [7, 11) is 3.51. The second kappa shape index (κ2) is 11.5. The van der Waals surface area contributed by atoms with Gasteiger partial charge in [0, 0.05) is 45.5 Å². The molecule has 2 aromatic rings. The van der Waals surface area contributed by atoms with Gasteiger partial charge in [-0.05, 0) is 43.8 Å². The first-order valence-electron chi connectivity index (χ1n) is 11.0. The second-order valence-corrected chi connectivity index (χ2v) is 7.96. The van der Waals surface area contributed by atoms with E-state index in [1.807, 2.05) is 24.3 Å². The third kappa shape index (κ3) is 6.05. The zero-order chi connectivity index (χ0) is 24.7. The predicted octanol–water partition coefficient (Wildman–Crippen LogP) is 2.74. The van der Waals surface area contributed by atoms with Crippen LogP contribution in [0.1, 0.15) is 22.8 Å². The summed E-state index contributed by atoms with van der Waals surface area (Å²) in [5.74, 6) is -3.51. The van der Waals surface area contributed by atoms with E-state index in [2.05, 4.69) is 32.5 Å². The van der Waals surface area contributed by atoms with Crippen LogP contribution in [0.5, 0.6) is 0 Å². The Morgan fingerprint density at radius 1 is 1.03 bits per heavy atom. The molecule has 0 atom stereocenters. The predicted molar refractivity (Wildman–Crippen MR) is 129 cm³/mol. The Bertz CT molecular complexity index is 1070. The van der Waals surface area contributed by atoms with E-state index >= 15 is 0 Å². The quantitative estimate of drug-likeness (QED) is 0.612. The highest BCUT2D eigenvalue weighted by molar-refractivity contribution is 6.45. The zero-order valence-corrected chi connectivity index (χ0v) is 19.6. The Balaban J connectivity index is 1.61. The number of anilines is 1. The van der Waals surface area contributed by atoms with Crippen molar-refractivity contribution in [3.8, 4) is 0 Å². The summed E-state index contributed by atoms with van der Waals surface area (Å²) in [5, 5.41) is 5.16. The Morgan fingerprint density at radius 3 is 2.21 bits per heavy atom. The third-order valence-corrected chi connectivity index (χ3v) is 5.68. The minimum Gasteiger partial charge on any atom is -0.369 e. The van der Waals surface area contributed by atoms with Gasteiger partial charge in [0.05, 0.1) is 5.70 Å². The Kier molecular flexibility index (Phi) is 8.48. The van der Waals surface area contributed by atoms with Gasteiger partial charge in [-0.3, -0.25) is 14.6 Å². The molecule has 0 aliphatic carbocycles. The summed E-state index contributed by atoms with van der Waals surface area (Å²) in [6.07, 6.45) is 1.45. The molecular formula is C25H29F2N5O2. The fourth-order valence-corrected chi connectivity index (χ4v) is 3.67. The van der Waals surface area contributed by atoms with E-state index in [-0.39, 0.29) is 18.0 Å². The first-order chi connectivity index (χ1) is 16.3. The van der Waals surface area contributed by atoms with Crippen LogP contribution in [-0.2, 0) is 11.3 Å². The molecule has 1 aliphatic rings. The van der Waals surface area contributed by atoms with Crippen molar-refractivity contribution in [2.75, 3.05) is 45.2 Å². The van der Waals surface area contributed by atoms with Gasteiger partial charge in [-0.2, -0.15) is 0 Å². The number of allylic oxidation sites excluding steroid dienone is 1. The molecule has 2 amide bonds. The third-order valence-electron chi connectivity index (χ3n) is 5.68. The van der Waals surface area contributed by atoms with E-state index in [0.717, 1.165) is 49.6 Å². The van der Waals surface area contributed by atoms with Gasteiger partial charge >= 0.3 is 0 Å². The lowest BCUT2D eigenvalue weighted by Gasteiger charge is -2.34. The van der Waals surface area contributed by atoms with E-state index in [0.29, 0.717) is 0 Å². The van der Waals surface area contributed by atoms with Crippen LogP contribution in [0.15, 0.2) is 59.2 Å². The number of likely N-dealkylation sites (N-methyl/N-ethyl adjacent to an activating group) is 1. The number of amides is 2. The lowest BCUT2D eigenvalue weighted by Crippen LogP contribution is -2.44. The molecule has 34 heavy (non-hydrogen) atoms. The number of nitrogens with zero attached hydrogens (tertiary/aromatic N) is 3. The molecule has 2 N–H and O–H groups in total. The van der Waals surface area contributed by atoms with Crippen LogP contribution in [0.2, 0.25) is 0 Å². The van der Waals surface area contributed by atoms with Gasteiger partial charge < -0.3 is 20.4 Å². The maximum atomic E-state index is 13.9. The zero-order valence-electron chi connectivity index (χ0n) is 19.6. The number of benzene rings is 2. The summed E-state index contributed by atoms with van der Waals surface area (Å²) in [4.78, 5) is 33.8. The fraction of sp³-hybridized carbons (Fsp3) is 0.320. The molecule has 180 valence electrons. The van der Waals surface area contributed by atoms with E-state index in [1.165, 1.54) is 19.2 Å². The number of carbonyl (C=O) groups excluding carboxylic acids is 2. The molecule has 1 saturated heterocycles. The molecule has 1 fully saturated rings. The van der Waals surface area contributed by atoms with E-state index < -0.39 is 29.0 Å². The van der Waals surface area contributed by atoms with Crippen LogP contribution < -0.4 is 15.5 Å². The number of piperazine rings is 1. The number of halogens is 2. The average Bonchev–Trinajstić information content (AvgIpc) is 2.83. The number of hydrogen-bond donors (Lipinski definition) is 2. The largest absolute Gasteiger partial charge is 0.369 e. The highest BCUT2D eigenvalue weighted by Crippen LogP contribution is 2.17. The molecule has 1 aliphatic heterocycles. The lowest BCUT2D eigenvalue weighted by atomic mass is 10.1. The maximum absolute atomic E-state index is 13.9. The molecule has 0 saturated carbocycles. The van der Waals surface area contributed by atoms with Crippen molar-refractivity contribution >= 4 is 23.2 Å². The van der Waals surface area contributed by atoms with E-state index in [9.17, 15) is 18.4 Å². The van der Waals surface area contributed by atoms with Crippen LogP contribution in [0.25, 0.3) is 0 Å². The van der Waals surface area contributed by atoms with Gasteiger partial charge in [0.25, 0.3) is 11.8 Å². The molecule has 3 rings (SSSR count). The SMILES string of the molecule is C/C=C(/NC(=O)c1c(F)cccc1F)C(=NC)C(=O)NCc1ccc(N2CCN(C)CC2)cc1. The highest BCUT2D eigenvalue weighted by Gasteiger charge is 2.22. The highest BCUT2D eigenvalue weighted by atomic mass is 19.1. The first-order valence-corrected chi connectivity index (χ1v) is 11.0. The van der Waals surface area contributed by atoms with E-state index in [1.54, 1.807) is 6.92 Å². The van der Waals surface area contributed by atoms with E-state index in [4.69, 9.17) is 0 Å². The van der Waals surface area contributed by atoms with Crippen LogP contribution in [0, 0.1) is 11.6 Å². The summed E-state index contributed by atoms with van der Waals surface area (Å²) >= 11 is 0. The van der Waals surface area contributed by atoms with Crippen LogP contribution in [0.4, 0.5) is 14.5 Å². The number of hydrogen-bond acceptors (Lipinski definition) is 5. The van der Waals surface area contributed by atoms with Crippen molar-refractivity contribution in [3.05, 3.63) is 77.0 Å². The maximum Gasteiger partial charge on any atom is 0.271 e. The summed E-state index contributed by atoms with van der Waals surface area (Å²) in [5.41, 5.74) is 1.32. The number of aliphatic imine (C=N–C) groups is 1. The first kappa shape index (κ1) is 25.0. The molecule has 0 radical (unpaired) electrons. The van der Waals surface area contributed by atoms with Crippen LogP contribution >= 0.6 is 0 Å². The molecule has 9 heteroatoms. The normalized spacial score (nSPS) is 15.3. The standard InChI is InChI=1S/C25H29F2N5O2/c1-4-21(30-24(33)22-19(26)6-5-7-20(22)27)23(28-2)25(34)29-16-17-8-10-18(11-9-17)32-14-12-31(3)13-15-32/h4-11H,12-16H2,1-3H3,(H,29,34)(H,30,33)/b21-4+,28-23?. The van der Waals surface area contributed by atoms with Gasteiger partial charge in [-0.15, -0.1) is 0 Å². The minimum atomic E-state index is -1.00. The lowest BCUT2D eigenvalue weighted by molar-refractivity contribution is -0.114. The van der Waals surface area contributed by atoms with Gasteiger partial charge in [0.1, 0.15) is 22.9 Å². The van der Waals surface area contributed by atoms with Crippen molar-refractivity contribution in [1.29, 1.82) is 0 Å². The molecule has 1 heterocycles. The van der Waals surface area contributed by atoms with Crippen molar-refractivity contribution in [3.63, 3.8) is 0 Å². The smallest absolute Gasteiger partial charge is 0.271 e. The van der Waals surface area contributed by atoms with Gasteiger partial charge in [-0.25, -0.2) is 8.78 Å². The minimum absolute atomic E-state index is 0.0538. The topological polar surface area (TPSA) is 77.0 Å². The van der Waals surface area contributed by atoms with Gasteiger partial charge in [-0.1, -0.05) is 24.3 Å².